The molecule has 2 aromatic carbocycles. The molecule has 0 saturated carbocycles. The lowest BCUT2D eigenvalue weighted by molar-refractivity contribution is -0.262. The summed E-state index contributed by atoms with van der Waals surface area (Å²) < 4.78 is 61.7. The van der Waals surface area contributed by atoms with Gasteiger partial charge in [0.2, 0.25) is 0 Å². The number of nitrogens with two attached hydrogens (primary N) is 1. The van der Waals surface area contributed by atoms with Crippen LogP contribution in [0.2, 0.25) is 0 Å². The first-order valence-electron chi connectivity index (χ1n) is 9.80. The number of benzene rings is 2. The first kappa shape index (κ1) is 23.1. The van der Waals surface area contributed by atoms with Crippen LogP contribution in [0, 0.1) is 5.82 Å². The molecule has 0 radical (unpaired) electrons. The molecule has 1 aliphatic heterocycles. The molecular formula is C23H26F4N2O2. The van der Waals surface area contributed by atoms with Crippen LogP contribution in [0.25, 0.3) is 0 Å². The van der Waals surface area contributed by atoms with Crippen molar-refractivity contribution in [3.63, 3.8) is 0 Å². The van der Waals surface area contributed by atoms with Crippen molar-refractivity contribution < 1.29 is 27.4 Å². The third kappa shape index (κ3) is 4.55. The predicted octanol–water partition coefficient (Wildman–Crippen LogP) is 4.83. The fourth-order valence-corrected chi connectivity index (χ4v) is 4.11. The van der Waals surface area contributed by atoms with Crippen molar-refractivity contribution in [1.82, 2.24) is 0 Å². The lowest BCUT2D eigenvalue weighted by atomic mass is 9.74. The standard InChI is InChI=1S/C23H26F4N2O2/c1-21(2,17-12-15(24)8-9-20(17)31-3)13-22(30,23(25,26)27)14-29-11-10-18(28)16-6-4-5-7-19(16)29/h4-12,18,30H,13-14,28H2,1-3H3. The molecule has 2 unspecified atom stereocenters. The molecule has 1 heterocycles. The smallest absolute Gasteiger partial charge is 0.418 e. The van der Waals surface area contributed by atoms with E-state index >= 15 is 0 Å². The van der Waals surface area contributed by atoms with Gasteiger partial charge in [0.15, 0.2) is 5.60 Å². The highest BCUT2D eigenvalue weighted by Gasteiger charge is 2.57. The molecule has 0 saturated heterocycles. The zero-order valence-electron chi connectivity index (χ0n) is 17.6. The van der Waals surface area contributed by atoms with Gasteiger partial charge in [0.1, 0.15) is 11.6 Å². The number of rotatable bonds is 6. The minimum atomic E-state index is -4.94. The van der Waals surface area contributed by atoms with Crippen LogP contribution < -0.4 is 15.4 Å². The average Bonchev–Trinajstić information content (AvgIpc) is 2.69. The Bertz CT molecular complexity index is 974. The van der Waals surface area contributed by atoms with Crippen LogP contribution >= 0.6 is 0 Å². The Morgan fingerprint density at radius 3 is 2.45 bits per heavy atom. The molecule has 2 atom stereocenters. The second kappa shape index (κ2) is 8.16. The number of aliphatic hydroxyl groups is 1. The molecule has 3 rings (SSSR count). The van der Waals surface area contributed by atoms with E-state index in [1.54, 1.807) is 30.3 Å². The second-order valence-corrected chi connectivity index (χ2v) is 8.49. The SMILES string of the molecule is COc1ccc(F)cc1C(C)(C)CC(O)(CN1C=CC(N)c2ccccc21)C(F)(F)F. The van der Waals surface area contributed by atoms with Crippen LogP contribution in [0.3, 0.4) is 0 Å². The van der Waals surface area contributed by atoms with Crippen molar-refractivity contribution in [2.45, 2.75) is 43.5 Å². The van der Waals surface area contributed by atoms with Gasteiger partial charge in [0.05, 0.1) is 19.7 Å². The molecule has 1 aliphatic rings. The van der Waals surface area contributed by atoms with E-state index in [2.05, 4.69) is 0 Å². The highest BCUT2D eigenvalue weighted by atomic mass is 19.4. The molecule has 0 bridgehead atoms. The number of ether oxygens (including phenoxy) is 1. The number of β-amino-alcohol motifs (C(OH)–C–C–N with tert-alkyl or cyclic N) is 1. The van der Waals surface area contributed by atoms with E-state index in [0.717, 1.165) is 6.07 Å². The predicted molar refractivity (Wildman–Crippen MR) is 111 cm³/mol. The van der Waals surface area contributed by atoms with Gasteiger partial charge in [-0.15, -0.1) is 0 Å². The molecule has 168 valence electrons. The maximum Gasteiger partial charge on any atom is 0.418 e. The zero-order chi connectivity index (χ0) is 23.0. The molecule has 8 heteroatoms. The monoisotopic (exact) mass is 438 g/mol. The number of methoxy groups -OCH3 is 1. The van der Waals surface area contributed by atoms with Crippen LogP contribution in [-0.2, 0) is 5.41 Å². The number of anilines is 1. The Morgan fingerprint density at radius 1 is 1.13 bits per heavy atom. The summed E-state index contributed by atoms with van der Waals surface area (Å²) >= 11 is 0. The normalized spacial score (nSPS) is 18.5. The second-order valence-electron chi connectivity index (χ2n) is 8.49. The van der Waals surface area contributed by atoms with E-state index in [4.69, 9.17) is 10.5 Å². The Hall–Kier alpha value is -2.58. The summed E-state index contributed by atoms with van der Waals surface area (Å²) in [6, 6.07) is 10.1. The zero-order valence-corrected chi connectivity index (χ0v) is 17.6. The lowest BCUT2D eigenvalue weighted by Crippen LogP contribution is -2.56. The highest BCUT2D eigenvalue weighted by Crippen LogP contribution is 2.45. The summed E-state index contributed by atoms with van der Waals surface area (Å²) in [6.45, 7) is 2.31. The Balaban J connectivity index is 1.99. The molecule has 0 aliphatic carbocycles. The maximum atomic E-state index is 14.2. The van der Waals surface area contributed by atoms with E-state index in [0.29, 0.717) is 11.3 Å². The Labute approximate surface area is 178 Å². The molecule has 0 fully saturated rings. The van der Waals surface area contributed by atoms with Gasteiger partial charge in [-0.2, -0.15) is 13.2 Å². The topological polar surface area (TPSA) is 58.7 Å². The van der Waals surface area contributed by atoms with Crippen molar-refractivity contribution in [2.75, 3.05) is 18.6 Å². The highest BCUT2D eigenvalue weighted by molar-refractivity contribution is 5.61. The third-order valence-corrected chi connectivity index (χ3v) is 5.66. The van der Waals surface area contributed by atoms with Gasteiger partial charge >= 0.3 is 6.18 Å². The van der Waals surface area contributed by atoms with Crippen LogP contribution in [0.4, 0.5) is 23.2 Å². The first-order chi connectivity index (χ1) is 14.4. The number of para-hydroxylation sites is 1. The number of fused-ring (bicyclic) bond motifs is 1. The molecule has 0 amide bonds. The van der Waals surface area contributed by atoms with Gasteiger partial charge in [-0.25, -0.2) is 4.39 Å². The van der Waals surface area contributed by atoms with Crippen molar-refractivity contribution in [3.05, 3.63) is 71.7 Å². The van der Waals surface area contributed by atoms with E-state index in [1.165, 1.54) is 44.2 Å². The van der Waals surface area contributed by atoms with Gasteiger partial charge in [-0.1, -0.05) is 32.0 Å². The van der Waals surface area contributed by atoms with E-state index < -0.39 is 42.0 Å². The minimum Gasteiger partial charge on any atom is -0.496 e. The fourth-order valence-electron chi connectivity index (χ4n) is 4.11. The number of hydrogen-bond acceptors (Lipinski definition) is 4. The third-order valence-electron chi connectivity index (χ3n) is 5.66. The minimum absolute atomic E-state index is 0.245. The van der Waals surface area contributed by atoms with E-state index in [9.17, 15) is 22.7 Å². The van der Waals surface area contributed by atoms with Crippen LogP contribution in [0.1, 0.15) is 37.4 Å². The van der Waals surface area contributed by atoms with Gasteiger partial charge in [0, 0.05) is 17.5 Å². The van der Waals surface area contributed by atoms with Crippen LogP contribution in [0.5, 0.6) is 5.75 Å². The number of nitrogens with zero attached hydrogens (tertiary/aromatic N) is 1. The number of halogens is 4. The van der Waals surface area contributed by atoms with Gasteiger partial charge in [0.25, 0.3) is 0 Å². The van der Waals surface area contributed by atoms with Gasteiger partial charge in [-0.3, -0.25) is 0 Å². The van der Waals surface area contributed by atoms with Crippen LogP contribution in [-0.4, -0.2) is 30.5 Å². The maximum absolute atomic E-state index is 14.2. The first-order valence-corrected chi connectivity index (χ1v) is 9.80. The summed E-state index contributed by atoms with van der Waals surface area (Å²) in [5.41, 5.74) is 3.10. The molecule has 0 spiro atoms. The number of hydrogen-bond donors (Lipinski definition) is 2. The van der Waals surface area contributed by atoms with Crippen LogP contribution in [0.15, 0.2) is 54.7 Å². The van der Waals surface area contributed by atoms with Gasteiger partial charge in [-0.05, 0) is 47.7 Å². The molecular weight excluding hydrogens is 412 g/mol. The van der Waals surface area contributed by atoms with E-state index in [1.807, 2.05) is 0 Å². The summed E-state index contributed by atoms with van der Waals surface area (Å²) in [4.78, 5) is 1.35. The van der Waals surface area contributed by atoms with Crippen molar-refractivity contribution >= 4 is 5.69 Å². The summed E-state index contributed by atoms with van der Waals surface area (Å²) in [5, 5.41) is 11.0. The molecule has 0 aromatic heterocycles. The molecule has 2 aromatic rings. The van der Waals surface area contributed by atoms with Crippen molar-refractivity contribution in [3.8, 4) is 5.75 Å². The van der Waals surface area contributed by atoms with Gasteiger partial charge < -0.3 is 20.5 Å². The molecule has 31 heavy (non-hydrogen) atoms. The lowest BCUT2D eigenvalue weighted by Gasteiger charge is -2.42. The quantitative estimate of drug-likeness (QED) is 0.635. The molecule has 3 N–H and O–H groups in total. The Kier molecular flexibility index (Phi) is 6.08. The number of alkyl halides is 3. The fraction of sp³-hybridized carbons (Fsp3) is 0.391. The Morgan fingerprint density at radius 2 is 1.81 bits per heavy atom. The molecule has 4 nitrogen and oxygen atoms in total. The van der Waals surface area contributed by atoms with Crippen molar-refractivity contribution in [1.29, 1.82) is 0 Å². The van der Waals surface area contributed by atoms with Crippen molar-refractivity contribution in [2.24, 2.45) is 5.73 Å². The summed E-state index contributed by atoms with van der Waals surface area (Å²) in [7, 11) is 1.36. The largest absolute Gasteiger partial charge is 0.496 e. The summed E-state index contributed by atoms with van der Waals surface area (Å²) in [5.74, 6) is -0.341. The average molecular weight is 438 g/mol. The summed E-state index contributed by atoms with van der Waals surface area (Å²) in [6.07, 6.45) is -2.60. The van der Waals surface area contributed by atoms with E-state index in [-0.39, 0.29) is 11.3 Å².